The molecule has 0 aliphatic carbocycles. The largest absolute Gasteiger partial charge is 0.379 e. The molecule has 0 saturated carbocycles. The zero-order valence-corrected chi connectivity index (χ0v) is 20.2. The average molecular weight is 510 g/mol. The minimum atomic E-state index is -3.30. The Morgan fingerprint density at radius 3 is 2.14 bits per heavy atom. The molecule has 5 rings (SSSR count). The van der Waals surface area contributed by atoms with Crippen molar-refractivity contribution in [3.63, 3.8) is 0 Å². The first kappa shape index (κ1) is 24.3. The number of nitrogens with zero attached hydrogens (tertiary/aromatic N) is 1. The van der Waals surface area contributed by atoms with E-state index < -0.39 is 34.7 Å². The highest BCUT2D eigenvalue weighted by atomic mass is 32.3. The van der Waals surface area contributed by atoms with Crippen LogP contribution in [0.15, 0.2) is 76.6 Å². The number of aliphatic imine (C=N–C) groups is 1. The van der Waals surface area contributed by atoms with E-state index in [9.17, 15) is 19.8 Å². The van der Waals surface area contributed by atoms with E-state index in [0.717, 1.165) is 12.0 Å². The minimum Gasteiger partial charge on any atom is -0.379 e. The fourth-order valence-electron chi connectivity index (χ4n) is 4.52. The van der Waals surface area contributed by atoms with Gasteiger partial charge in [-0.05, 0) is 41.0 Å². The van der Waals surface area contributed by atoms with Crippen molar-refractivity contribution in [1.29, 1.82) is 0 Å². The fourth-order valence-corrected chi connectivity index (χ4v) is 6.85. The van der Waals surface area contributed by atoms with E-state index >= 15 is 0 Å². The van der Waals surface area contributed by atoms with Crippen LogP contribution in [0.25, 0.3) is 11.3 Å². The Bertz CT molecular complexity index is 1240. The highest BCUT2D eigenvalue weighted by Gasteiger charge is 2.51. The molecular formula is C26H27N3O6S. The van der Waals surface area contributed by atoms with Gasteiger partial charge in [0.2, 0.25) is 5.17 Å². The molecule has 3 aliphatic rings. The van der Waals surface area contributed by atoms with Gasteiger partial charge in [0, 0.05) is 18.2 Å². The summed E-state index contributed by atoms with van der Waals surface area (Å²) in [6.45, 7) is 0.707. The molecule has 1 fully saturated rings. The molecule has 10 heteroatoms. The van der Waals surface area contributed by atoms with Gasteiger partial charge in [-0.15, -0.1) is 0 Å². The molecule has 0 radical (unpaired) electrons. The lowest BCUT2D eigenvalue weighted by molar-refractivity contribution is -0.156. The summed E-state index contributed by atoms with van der Waals surface area (Å²) in [5, 5.41) is 23.4. The van der Waals surface area contributed by atoms with Gasteiger partial charge in [-0.2, -0.15) is 0 Å². The van der Waals surface area contributed by atoms with Gasteiger partial charge in [-0.1, -0.05) is 66.7 Å². The Morgan fingerprint density at radius 1 is 0.944 bits per heavy atom. The maximum Gasteiger partial charge on any atom is 0.361 e. The molecule has 3 aliphatic heterocycles. The number of nitrogens with one attached hydrogen (secondary N) is 1. The van der Waals surface area contributed by atoms with Crippen molar-refractivity contribution in [2.24, 2.45) is 10.7 Å². The topological polar surface area (TPSA) is 143 Å². The number of aliphatic hydroxyl groups excluding tert-OH is 2. The molecule has 2 aromatic rings. The molecule has 0 bridgehead atoms. The van der Waals surface area contributed by atoms with E-state index in [1.165, 1.54) is 11.1 Å². The molecule has 9 nitrogen and oxygen atoms in total. The molecule has 36 heavy (non-hydrogen) atoms. The number of carbonyl (C=O) groups is 2. The van der Waals surface area contributed by atoms with Crippen LogP contribution >= 0.6 is 10.6 Å². The molecule has 3 unspecified atom stereocenters. The van der Waals surface area contributed by atoms with Crippen LogP contribution in [0.5, 0.6) is 0 Å². The van der Waals surface area contributed by atoms with E-state index in [-0.39, 0.29) is 11.2 Å². The number of benzene rings is 2. The molecule has 188 valence electrons. The number of allylic oxidation sites excluding steroid dienone is 1. The summed E-state index contributed by atoms with van der Waals surface area (Å²) in [4.78, 5) is 30.1. The van der Waals surface area contributed by atoms with Crippen LogP contribution in [-0.4, -0.2) is 52.1 Å². The van der Waals surface area contributed by atoms with Crippen molar-refractivity contribution >= 4 is 39.0 Å². The Morgan fingerprint density at radius 2 is 1.53 bits per heavy atom. The van der Waals surface area contributed by atoms with Crippen molar-refractivity contribution in [3.8, 4) is 0 Å². The van der Waals surface area contributed by atoms with Crippen LogP contribution in [0.2, 0.25) is 0 Å². The second-order valence-corrected chi connectivity index (χ2v) is 11.0. The summed E-state index contributed by atoms with van der Waals surface area (Å²) in [6, 6.07) is 19.5. The molecule has 0 amide bonds. The predicted molar refractivity (Wildman–Crippen MR) is 137 cm³/mol. The molecule has 0 aromatic heterocycles. The number of nitrogens with two attached hydrogens (primary N) is 1. The number of amidine groups is 1. The van der Waals surface area contributed by atoms with Crippen molar-refractivity contribution in [2.75, 3.05) is 6.54 Å². The maximum atomic E-state index is 12.6. The van der Waals surface area contributed by atoms with E-state index in [1.54, 1.807) is 0 Å². The van der Waals surface area contributed by atoms with Crippen molar-refractivity contribution in [2.45, 2.75) is 37.5 Å². The van der Waals surface area contributed by atoms with Crippen molar-refractivity contribution in [3.05, 3.63) is 82.8 Å². The third-order valence-electron chi connectivity index (χ3n) is 6.40. The van der Waals surface area contributed by atoms with Crippen LogP contribution in [0.1, 0.15) is 30.4 Å². The number of carbonyl (C=O) groups excluding carboxylic acids is 2. The zero-order chi connectivity index (χ0) is 25.3. The monoisotopic (exact) mass is 509 g/mol. The van der Waals surface area contributed by atoms with Gasteiger partial charge < -0.3 is 29.6 Å². The molecule has 1 saturated heterocycles. The van der Waals surface area contributed by atoms with Gasteiger partial charge in [-0.3, -0.25) is 0 Å². The van der Waals surface area contributed by atoms with E-state index in [0.29, 0.717) is 30.0 Å². The third kappa shape index (κ3) is 4.44. The first-order chi connectivity index (χ1) is 17.4. The lowest BCUT2D eigenvalue weighted by atomic mass is 9.93. The first-order valence-electron chi connectivity index (χ1n) is 11.7. The molecule has 3 atom stereocenters. The summed E-state index contributed by atoms with van der Waals surface area (Å²) in [7, 11) is -3.30. The van der Waals surface area contributed by atoms with Gasteiger partial charge in [0.15, 0.2) is 12.2 Å². The van der Waals surface area contributed by atoms with Crippen molar-refractivity contribution in [1.82, 2.24) is 5.32 Å². The van der Waals surface area contributed by atoms with Crippen molar-refractivity contribution < 1.29 is 28.2 Å². The molecule has 2 aromatic carbocycles. The highest BCUT2D eigenvalue weighted by molar-refractivity contribution is 8.42. The third-order valence-corrected chi connectivity index (χ3v) is 8.89. The van der Waals surface area contributed by atoms with E-state index in [1.807, 2.05) is 48.5 Å². The second-order valence-electron chi connectivity index (χ2n) is 8.73. The lowest BCUT2D eigenvalue weighted by Crippen LogP contribution is -2.38. The van der Waals surface area contributed by atoms with Gasteiger partial charge >= 0.3 is 11.9 Å². The van der Waals surface area contributed by atoms with Gasteiger partial charge in [0.25, 0.3) is 0 Å². The predicted octanol–water partition coefficient (Wildman–Crippen LogP) is 2.37. The standard InChI is InChI=1S/C26H27N3O6S/c27-26-29-21(17-9-5-2-6-10-17)20(36(26)34-24(32)22(30)23(31)25(33)35-36)12-11-19-15-18(13-14-28-19)16-7-3-1-4-8-16/h1-10,13,19,22-23,28,30-31H,11-12,14-15H2,(H2,27,29). The van der Waals surface area contributed by atoms with Crippen LogP contribution in [-0.2, 0) is 18.0 Å². The minimum absolute atomic E-state index is 0.0985. The van der Waals surface area contributed by atoms with E-state index in [4.69, 9.17) is 14.1 Å². The smallest absolute Gasteiger partial charge is 0.361 e. The Labute approximate surface area is 210 Å². The lowest BCUT2D eigenvalue weighted by Gasteiger charge is -2.38. The quantitative estimate of drug-likeness (QED) is 0.481. The Balaban J connectivity index is 1.47. The normalized spacial score (nSPS) is 30.1. The maximum absolute atomic E-state index is 12.6. The number of aliphatic hydroxyl groups is 2. The molecule has 5 N–H and O–H groups in total. The number of rotatable bonds is 5. The number of hydrogen-bond acceptors (Lipinski definition) is 9. The van der Waals surface area contributed by atoms with Crippen LogP contribution < -0.4 is 11.1 Å². The van der Waals surface area contributed by atoms with Crippen LogP contribution in [0.4, 0.5) is 0 Å². The van der Waals surface area contributed by atoms with Gasteiger partial charge in [0.05, 0.1) is 10.6 Å². The zero-order valence-electron chi connectivity index (χ0n) is 19.4. The van der Waals surface area contributed by atoms with Crippen LogP contribution in [0.3, 0.4) is 0 Å². The fraction of sp³-hybridized carbons (Fsp3) is 0.269. The van der Waals surface area contributed by atoms with Crippen LogP contribution in [0, 0.1) is 0 Å². The highest BCUT2D eigenvalue weighted by Crippen LogP contribution is 2.66. The number of hydrogen-bond donors (Lipinski definition) is 4. The second kappa shape index (κ2) is 9.90. The Kier molecular flexibility index (Phi) is 6.67. The Hall–Kier alpha value is -3.44. The first-order valence-corrected chi connectivity index (χ1v) is 13.1. The molecule has 3 heterocycles. The van der Waals surface area contributed by atoms with E-state index in [2.05, 4.69) is 28.5 Å². The average Bonchev–Trinajstić information content (AvgIpc) is 3.13. The SMILES string of the molecule is NC1=NC(c2ccccc2)=C(CCC2CC(c3ccccc3)=CCN2)S12OC(=O)C(O)C(O)C(=O)O2. The van der Waals surface area contributed by atoms with Gasteiger partial charge in [0.1, 0.15) is 0 Å². The summed E-state index contributed by atoms with van der Waals surface area (Å²) < 4.78 is 11.1. The summed E-state index contributed by atoms with van der Waals surface area (Å²) >= 11 is 0. The summed E-state index contributed by atoms with van der Waals surface area (Å²) in [5.41, 5.74) is 9.84. The molecule has 1 spiro atoms. The molecular weight excluding hydrogens is 482 g/mol. The van der Waals surface area contributed by atoms with Gasteiger partial charge in [-0.25, -0.2) is 14.6 Å². The summed E-state index contributed by atoms with van der Waals surface area (Å²) in [6.07, 6.45) is -0.213. The summed E-state index contributed by atoms with van der Waals surface area (Å²) in [5.74, 6) is -2.36.